The number of rotatable bonds is 2. The first-order chi connectivity index (χ1) is 7.31. The Labute approximate surface area is 89.0 Å². The van der Waals surface area contributed by atoms with Crippen LogP contribution in [0.5, 0.6) is 11.5 Å². The molecule has 1 aromatic carbocycles. The Morgan fingerprint density at radius 3 is 2.67 bits per heavy atom. The number of ether oxygens (including phenoxy) is 2. The molecule has 4 heteroatoms. The van der Waals surface area contributed by atoms with Crippen LogP contribution in [0.15, 0.2) is 18.2 Å². The van der Waals surface area contributed by atoms with Gasteiger partial charge in [0.2, 0.25) is 0 Å². The molecule has 15 heavy (non-hydrogen) atoms. The first-order valence-corrected chi connectivity index (χ1v) is 5.01. The summed E-state index contributed by atoms with van der Waals surface area (Å²) in [6.45, 7) is 3.22. The first kappa shape index (κ1) is 10.1. The number of benzene rings is 1. The monoisotopic (exact) mass is 209 g/mol. The van der Waals surface area contributed by atoms with Gasteiger partial charge in [-0.05, 0) is 12.1 Å². The van der Waals surface area contributed by atoms with Crippen LogP contribution in [0.3, 0.4) is 0 Å². The zero-order valence-electron chi connectivity index (χ0n) is 8.77. The number of hydrogen-bond acceptors (Lipinski definition) is 4. The molecule has 0 radical (unpaired) electrons. The summed E-state index contributed by atoms with van der Waals surface area (Å²) in [7, 11) is 1.55. The van der Waals surface area contributed by atoms with Gasteiger partial charge in [0.05, 0.1) is 20.3 Å². The molecule has 0 spiro atoms. The van der Waals surface area contributed by atoms with Crippen molar-refractivity contribution in [1.29, 1.82) is 0 Å². The highest BCUT2D eigenvalue weighted by Gasteiger charge is 2.12. The summed E-state index contributed by atoms with van der Waals surface area (Å²) in [5.74, 6) is 0.688. The van der Waals surface area contributed by atoms with Gasteiger partial charge in [-0.3, -0.25) is 0 Å². The molecule has 1 N–H and O–H groups in total. The molecule has 0 unspecified atom stereocenters. The van der Waals surface area contributed by atoms with E-state index < -0.39 is 0 Å². The standard InChI is InChI=1S/C11H15NO3/c1-14-11-3-2-9(8-10(11)13)12-4-6-15-7-5-12/h2-3,8,13H,4-7H2,1H3. The van der Waals surface area contributed by atoms with E-state index in [2.05, 4.69) is 4.90 Å². The van der Waals surface area contributed by atoms with Crippen molar-refractivity contribution in [3.05, 3.63) is 18.2 Å². The lowest BCUT2D eigenvalue weighted by molar-refractivity contribution is 0.122. The van der Waals surface area contributed by atoms with E-state index in [9.17, 15) is 5.11 Å². The summed E-state index contributed by atoms with van der Waals surface area (Å²) in [6, 6.07) is 5.45. The van der Waals surface area contributed by atoms with Crippen LogP contribution >= 0.6 is 0 Å². The van der Waals surface area contributed by atoms with Gasteiger partial charge in [0.15, 0.2) is 11.5 Å². The number of hydrogen-bond donors (Lipinski definition) is 1. The molecule has 1 aromatic rings. The molecule has 0 aliphatic carbocycles. The second kappa shape index (κ2) is 4.40. The largest absolute Gasteiger partial charge is 0.504 e. The predicted octanol–water partition coefficient (Wildman–Crippen LogP) is 1.24. The average molecular weight is 209 g/mol. The Balaban J connectivity index is 2.17. The van der Waals surface area contributed by atoms with Gasteiger partial charge in [0, 0.05) is 24.8 Å². The van der Waals surface area contributed by atoms with Gasteiger partial charge in [-0.15, -0.1) is 0 Å². The van der Waals surface area contributed by atoms with Crippen LogP contribution in [0.1, 0.15) is 0 Å². The van der Waals surface area contributed by atoms with E-state index in [1.807, 2.05) is 6.07 Å². The third kappa shape index (κ3) is 2.15. The molecule has 4 nitrogen and oxygen atoms in total. The van der Waals surface area contributed by atoms with Gasteiger partial charge in [-0.1, -0.05) is 0 Å². The van der Waals surface area contributed by atoms with E-state index in [-0.39, 0.29) is 5.75 Å². The van der Waals surface area contributed by atoms with Gasteiger partial charge < -0.3 is 19.5 Å². The van der Waals surface area contributed by atoms with Crippen LogP contribution in [0.25, 0.3) is 0 Å². The maximum Gasteiger partial charge on any atom is 0.160 e. The molecule has 0 saturated carbocycles. The molecule has 82 valence electrons. The van der Waals surface area contributed by atoms with E-state index in [4.69, 9.17) is 9.47 Å². The second-order valence-electron chi connectivity index (χ2n) is 3.46. The highest BCUT2D eigenvalue weighted by atomic mass is 16.5. The van der Waals surface area contributed by atoms with E-state index in [1.165, 1.54) is 0 Å². The van der Waals surface area contributed by atoms with Gasteiger partial charge in [0.1, 0.15) is 0 Å². The molecule has 1 aliphatic rings. The quantitative estimate of drug-likeness (QED) is 0.795. The molecule has 1 aliphatic heterocycles. The van der Waals surface area contributed by atoms with Gasteiger partial charge >= 0.3 is 0 Å². The van der Waals surface area contributed by atoms with Crippen LogP contribution in [-0.2, 0) is 4.74 Å². The molecule has 1 fully saturated rings. The van der Waals surface area contributed by atoms with Gasteiger partial charge in [-0.25, -0.2) is 0 Å². The minimum absolute atomic E-state index is 0.182. The summed E-state index contributed by atoms with van der Waals surface area (Å²) in [5.41, 5.74) is 1.01. The van der Waals surface area contributed by atoms with E-state index in [1.54, 1.807) is 19.2 Å². The van der Waals surface area contributed by atoms with Crippen molar-refractivity contribution in [2.45, 2.75) is 0 Å². The maximum absolute atomic E-state index is 9.64. The second-order valence-corrected chi connectivity index (χ2v) is 3.46. The van der Waals surface area contributed by atoms with Crippen molar-refractivity contribution < 1.29 is 14.6 Å². The van der Waals surface area contributed by atoms with Crippen molar-refractivity contribution >= 4 is 5.69 Å². The lowest BCUT2D eigenvalue weighted by atomic mass is 10.2. The fourth-order valence-electron chi connectivity index (χ4n) is 1.70. The molecule has 1 heterocycles. The predicted molar refractivity (Wildman–Crippen MR) is 57.7 cm³/mol. The zero-order chi connectivity index (χ0) is 10.7. The van der Waals surface area contributed by atoms with Crippen molar-refractivity contribution in [2.24, 2.45) is 0 Å². The number of nitrogens with zero attached hydrogens (tertiary/aromatic N) is 1. The van der Waals surface area contributed by atoms with E-state index in [0.29, 0.717) is 5.75 Å². The molecule has 0 bridgehead atoms. The molecule has 0 amide bonds. The topological polar surface area (TPSA) is 41.9 Å². The van der Waals surface area contributed by atoms with Crippen molar-refractivity contribution in [3.8, 4) is 11.5 Å². The molecule has 1 saturated heterocycles. The Bertz CT molecular complexity index is 335. The van der Waals surface area contributed by atoms with Crippen molar-refractivity contribution in [1.82, 2.24) is 0 Å². The summed E-state index contributed by atoms with van der Waals surface area (Å²) < 4.78 is 10.3. The van der Waals surface area contributed by atoms with E-state index in [0.717, 1.165) is 32.0 Å². The summed E-state index contributed by atoms with van der Waals surface area (Å²) in [6.07, 6.45) is 0. The van der Waals surface area contributed by atoms with Crippen LogP contribution in [0.2, 0.25) is 0 Å². The summed E-state index contributed by atoms with van der Waals surface area (Å²) in [4.78, 5) is 2.18. The van der Waals surface area contributed by atoms with E-state index >= 15 is 0 Å². The summed E-state index contributed by atoms with van der Waals surface area (Å²) >= 11 is 0. The molecular weight excluding hydrogens is 194 g/mol. The Kier molecular flexibility index (Phi) is 2.97. The van der Waals surface area contributed by atoms with Crippen LogP contribution in [-0.4, -0.2) is 38.5 Å². The molecule has 0 atom stereocenters. The molecule has 2 rings (SSSR count). The number of phenols is 1. The third-order valence-corrected chi connectivity index (χ3v) is 2.54. The van der Waals surface area contributed by atoms with Gasteiger partial charge in [-0.2, -0.15) is 0 Å². The smallest absolute Gasteiger partial charge is 0.160 e. The number of phenolic OH excluding ortho intramolecular Hbond substituents is 1. The fraction of sp³-hybridized carbons (Fsp3) is 0.455. The maximum atomic E-state index is 9.64. The van der Waals surface area contributed by atoms with Gasteiger partial charge in [0.25, 0.3) is 0 Å². The van der Waals surface area contributed by atoms with Crippen LogP contribution in [0, 0.1) is 0 Å². The molecule has 0 aromatic heterocycles. The number of anilines is 1. The Morgan fingerprint density at radius 1 is 1.33 bits per heavy atom. The minimum atomic E-state index is 0.182. The fourth-order valence-corrected chi connectivity index (χ4v) is 1.70. The van der Waals surface area contributed by atoms with Crippen molar-refractivity contribution in [3.63, 3.8) is 0 Å². The number of morpholine rings is 1. The Hall–Kier alpha value is -1.42. The van der Waals surface area contributed by atoms with Crippen LogP contribution < -0.4 is 9.64 Å². The number of methoxy groups -OCH3 is 1. The molecular formula is C11H15NO3. The zero-order valence-corrected chi connectivity index (χ0v) is 8.77. The Morgan fingerprint density at radius 2 is 2.07 bits per heavy atom. The minimum Gasteiger partial charge on any atom is -0.504 e. The van der Waals surface area contributed by atoms with Crippen molar-refractivity contribution in [2.75, 3.05) is 38.3 Å². The normalized spacial score (nSPS) is 16.5. The highest BCUT2D eigenvalue weighted by molar-refractivity contribution is 5.55. The highest BCUT2D eigenvalue weighted by Crippen LogP contribution is 2.30. The average Bonchev–Trinajstić information content (AvgIpc) is 2.30. The lowest BCUT2D eigenvalue weighted by Gasteiger charge is -2.29. The summed E-state index contributed by atoms with van der Waals surface area (Å²) in [5, 5.41) is 9.64. The first-order valence-electron chi connectivity index (χ1n) is 5.01. The lowest BCUT2D eigenvalue weighted by Crippen LogP contribution is -2.36. The number of aromatic hydroxyl groups is 1. The van der Waals surface area contributed by atoms with Crippen LogP contribution in [0.4, 0.5) is 5.69 Å². The third-order valence-electron chi connectivity index (χ3n) is 2.54. The SMILES string of the molecule is COc1ccc(N2CCOCC2)cc1O.